The van der Waals surface area contributed by atoms with Gasteiger partial charge in [-0.3, -0.25) is 0 Å². The molecule has 0 bridgehead atoms. The molecule has 68 valence electrons. The van der Waals surface area contributed by atoms with E-state index in [9.17, 15) is 9.90 Å². The van der Waals surface area contributed by atoms with Crippen molar-refractivity contribution in [2.75, 3.05) is 11.9 Å². The number of aliphatic carboxylic acids is 1. The summed E-state index contributed by atoms with van der Waals surface area (Å²) in [4.78, 5) is 10.6. The molecule has 1 atom stereocenters. The van der Waals surface area contributed by atoms with E-state index in [-0.39, 0.29) is 18.9 Å². The molecule has 0 aromatic heterocycles. The number of fused-ring (bicyclic) bond motifs is 1. The summed E-state index contributed by atoms with van der Waals surface area (Å²) in [5.41, 5.74) is 2.10. The van der Waals surface area contributed by atoms with Crippen LogP contribution < -0.4 is 29.3 Å². The Balaban J connectivity index is 0.000000980. The number of carbonyl (C=O) groups is 1. The van der Waals surface area contributed by atoms with Gasteiger partial charge in [0, 0.05) is 24.1 Å². The van der Waals surface area contributed by atoms with Crippen molar-refractivity contribution in [3.05, 3.63) is 29.8 Å². The van der Waals surface area contributed by atoms with Crippen LogP contribution in [-0.4, -0.2) is 12.5 Å². The van der Waals surface area contributed by atoms with Crippen LogP contribution in [-0.2, 0) is 11.2 Å². The number of carboxylic acids is 1. The van der Waals surface area contributed by atoms with Crippen molar-refractivity contribution in [1.29, 1.82) is 0 Å². The van der Waals surface area contributed by atoms with Crippen molar-refractivity contribution in [3.63, 3.8) is 0 Å². The summed E-state index contributed by atoms with van der Waals surface area (Å²) in [5, 5.41) is 13.7. The van der Waals surface area contributed by atoms with Gasteiger partial charge in [-0.1, -0.05) is 18.2 Å². The van der Waals surface area contributed by atoms with Gasteiger partial charge in [0.2, 0.25) is 0 Å². The third-order valence-corrected chi connectivity index (χ3v) is 2.36. The molecule has 4 heteroatoms. The van der Waals surface area contributed by atoms with E-state index >= 15 is 0 Å². The Kier molecular flexibility index (Phi) is 3.62. The molecule has 0 amide bonds. The van der Waals surface area contributed by atoms with Gasteiger partial charge in [0.1, 0.15) is 0 Å². The van der Waals surface area contributed by atoms with Gasteiger partial charge >= 0.3 is 18.9 Å². The molecule has 1 N–H and O–H groups in total. The first-order valence-electron chi connectivity index (χ1n) is 4.30. The van der Waals surface area contributed by atoms with E-state index in [2.05, 4.69) is 5.32 Å². The van der Waals surface area contributed by atoms with Crippen molar-refractivity contribution < 1.29 is 28.8 Å². The summed E-state index contributed by atoms with van der Waals surface area (Å²) in [6, 6.07) is 7.75. The summed E-state index contributed by atoms with van der Waals surface area (Å²) in [6.45, 7) is 0.472. The van der Waals surface area contributed by atoms with Gasteiger partial charge < -0.3 is 15.2 Å². The third kappa shape index (κ3) is 2.12. The maximum atomic E-state index is 10.6. The SMILES string of the molecule is O=C([O-])C1CNc2ccccc2C1.[Li+]. The summed E-state index contributed by atoms with van der Waals surface area (Å²) in [7, 11) is 0. The predicted molar refractivity (Wildman–Crippen MR) is 47.1 cm³/mol. The van der Waals surface area contributed by atoms with Gasteiger partial charge in [-0.05, 0) is 18.1 Å². The fourth-order valence-corrected chi connectivity index (χ4v) is 1.61. The molecule has 3 nitrogen and oxygen atoms in total. The van der Waals surface area contributed by atoms with Crippen LogP contribution >= 0.6 is 0 Å². The van der Waals surface area contributed by atoms with Gasteiger partial charge in [0.25, 0.3) is 0 Å². The number of rotatable bonds is 1. The Morgan fingerprint density at radius 1 is 1.43 bits per heavy atom. The van der Waals surface area contributed by atoms with Gasteiger partial charge in [-0.25, -0.2) is 0 Å². The number of carboxylic acid groups (broad SMARTS) is 1. The molecule has 0 saturated carbocycles. The van der Waals surface area contributed by atoms with Crippen LogP contribution in [0.15, 0.2) is 24.3 Å². The number of hydrogen-bond acceptors (Lipinski definition) is 3. The summed E-state index contributed by atoms with van der Waals surface area (Å²) >= 11 is 0. The number of nitrogens with one attached hydrogen (secondary N) is 1. The average Bonchev–Trinajstić information content (AvgIpc) is 2.17. The molecule has 1 aromatic rings. The first kappa shape index (κ1) is 11.2. The number of anilines is 1. The van der Waals surface area contributed by atoms with Crippen molar-refractivity contribution in [3.8, 4) is 0 Å². The molecule has 14 heavy (non-hydrogen) atoms. The molecule has 0 saturated heterocycles. The topological polar surface area (TPSA) is 52.2 Å². The van der Waals surface area contributed by atoms with Crippen LogP contribution in [0.25, 0.3) is 0 Å². The number of benzene rings is 1. The Morgan fingerprint density at radius 2 is 2.14 bits per heavy atom. The van der Waals surface area contributed by atoms with E-state index < -0.39 is 11.9 Å². The molecule has 0 fully saturated rings. The van der Waals surface area contributed by atoms with E-state index in [1.54, 1.807) is 0 Å². The minimum atomic E-state index is -0.970. The second kappa shape index (κ2) is 4.54. The van der Waals surface area contributed by atoms with Crippen LogP contribution in [0.4, 0.5) is 5.69 Å². The van der Waals surface area contributed by atoms with Crippen LogP contribution in [0.1, 0.15) is 5.56 Å². The average molecular weight is 183 g/mol. The largest absolute Gasteiger partial charge is 1.00 e. The van der Waals surface area contributed by atoms with Crippen molar-refractivity contribution in [1.82, 2.24) is 0 Å². The molecule has 1 aliphatic rings. The molecule has 1 aliphatic heterocycles. The van der Waals surface area contributed by atoms with E-state index in [0.29, 0.717) is 13.0 Å². The second-order valence-electron chi connectivity index (χ2n) is 3.26. The second-order valence-corrected chi connectivity index (χ2v) is 3.26. The quantitative estimate of drug-likeness (QED) is 0.473. The monoisotopic (exact) mass is 183 g/mol. The zero-order chi connectivity index (χ0) is 9.26. The predicted octanol–water partition coefficient (Wildman–Crippen LogP) is -2.98. The molecule has 1 unspecified atom stereocenters. The van der Waals surface area contributed by atoms with E-state index in [4.69, 9.17) is 0 Å². The fourth-order valence-electron chi connectivity index (χ4n) is 1.61. The fraction of sp³-hybridized carbons (Fsp3) is 0.300. The molecular formula is C10H10LiNO2. The zero-order valence-electron chi connectivity index (χ0n) is 8.12. The standard InChI is InChI=1S/C10H11NO2.Li/c12-10(13)8-5-7-3-1-2-4-9(7)11-6-8;/h1-4,8,11H,5-6H2,(H,12,13);/q;+1/p-1. The first-order valence-corrected chi connectivity index (χ1v) is 4.30. The Bertz CT molecular complexity index is 341. The number of hydrogen-bond donors (Lipinski definition) is 1. The molecule has 0 spiro atoms. The van der Waals surface area contributed by atoms with Crippen LogP contribution in [0, 0.1) is 5.92 Å². The summed E-state index contributed by atoms with van der Waals surface area (Å²) in [6.07, 6.45) is 0.575. The Labute approximate surface area is 94.7 Å². The molecular weight excluding hydrogens is 173 g/mol. The summed E-state index contributed by atoms with van der Waals surface area (Å²) in [5.74, 6) is -1.36. The number of carbonyl (C=O) groups excluding carboxylic acids is 1. The van der Waals surface area contributed by atoms with E-state index in [0.717, 1.165) is 11.3 Å². The minimum absolute atomic E-state index is 0. The molecule has 2 rings (SSSR count). The van der Waals surface area contributed by atoms with E-state index in [1.807, 2.05) is 24.3 Å². The van der Waals surface area contributed by atoms with Crippen LogP contribution in [0.3, 0.4) is 0 Å². The van der Waals surface area contributed by atoms with Gasteiger partial charge in [0.05, 0.1) is 0 Å². The smallest absolute Gasteiger partial charge is 0.550 e. The summed E-state index contributed by atoms with van der Waals surface area (Å²) < 4.78 is 0. The van der Waals surface area contributed by atoms with Crippen molar-refractivity contribution >= 4 is 11.7 Å². The maximum absolute atomic E-state index is 10.6. The first-order chi connectivity index (χ1) is 6.27. The van der Waals surface area contributed by atoms with Crippen molar-refractivity contribution in [2.45, 2.75) is 6.42 Å². The maximum Gasteiger partial charge on any atom is 1.00 e. The molecule has 1 aromatic carbocycles. The normalized spacial score (nSPS) is 18.7. The number of para-hydroxylation sites is 1. The van der Waals surface area contributed by atoms with Gasteiger partial charge in [-0.2, -0.15) is 0 Å². The van der Waals surface area contributed by atoms with Crippen LogP contribution in [0.5, 0.6) is 0 Å². The zero-order valence-corrected chi connectivity index (χ0v) is 8.12. The minimum Gasteiger partial charge on any atom is -0.550 e. The van der Waals surface area contributed by atoms with Gasteiger partial charge in [-0.15, -0.1) is 0 Å². The molecule has 1 heterocycles. The Morgan fingerprint density at radius 3 is 2.86 bits per heavy atom. The van der Waals surface area contributed by atoms with Crippen molar-refractivity contribution in [2.24, 2.45) is 5.92 Å². The molecule has 0 aliphatic carbocycles. The third-order valence-electron chi connectivity index (χ3n) is 2.36. The van der Waals surface area contributed by atoms with Gasteiger partial charge in [0.15, 0.2) is 0 Å². The molecule has 0 radical (unpaired) electrons. The van der Waals surface area contributed by atoms with E-state index in [1.165, 1.54) is 0 Å². The Hall–Kier alpha value is -0.913. The van der Waals surface area contributed by atoms with Crippen LogP contribution in [0.2, 0.25) is 0 Å².